The number of nitrogens with one attached hydrogen (secondary N) is 1. The monoisotopic (exact) mass is 475 g/mol. The third-order valence-corrected chi connectivity index (χ3v) is 7.83. The molecule has 0 saturated heterocycles. The molecule has 3 amide bonds. The zero-order chi connectivity index (χ0) is 22.9. The highest BCUT2D eigenvalue weighted by Crippen LogP contribution is 2.43. The lowest BCUT2D eigenvalue weighted by molar-refractivity contribution is 0.100. The number of thiophene rings is 2. The molecule has 1 aromatic carbocycles. The van der Waals surface area contributed by atoms with Crippen molar-refractivity contribution in [2.24, 2.45) is 5.73 Å². The van der Waals surface area contributed by atoms with Crippen molar-refractivity contribution in [2.45, 2.75) is 13.0 Å². The van der Waals surface area contributed by atoms with Crippen LogP contribution in [0.5, 0.6) is 0 Å². The van der Waals surface area contributed by atoms with Gasteiger partial charge in [0.1, 0.15) is 4.88 Å². The predicted octanol–water partition coefficient (Wildman–Crippen LogP) is 4.81. The molecule has 5 rings (SSSR count). The number of pyridine rings is 1. The Labute approximate surface area is 198 Å². The Hall–Kier alpha value is -3.69. The molecule has 0 radical (unpaired) electrons. The molecule has 0 aliphatic carbocycles. The van der Waals surface area contributed by atoms with Gasteiger partial charge in [-0.15, -0.1) is 22.7 Å². The Balaban J connectivity index is 1.54. The van der Waals surface area contributed by atoms with Crippen molar-refractivity contribution >= 4 is 46.0 Å². The molecular formula is C24H21N5O2S2. The molecule has 33 heavy (non-hydrogen) atoms. The van der Waals surface area contributed by atoms with Gasteiger partial charge in [-0.25, -0.2) is 4.79 Å². The summed E-state index contributed by atoms with van der Waals surface area (Å²) in [5.74, 6) is -0.489. The second kappa shape index (κ2) is 8.68. The SMILES string of the molecule is NC(=O)c1sc2c(c1-c1cc(-c3cccs3)ccc1N)CN(C(=O)Nc1cccnc1)CC2. The first-order valence-electron chi connectivity index (χ1n) is 10.4. The second-order valence-corrected chi connectivity index (χ2v) is 9.75. The molecular weight excluding hydrogens is 454 g/mol. The quantitative estimate of drug-likeness (QED) is 0.368. The Morgan fingerprint density at radius 3 is 2.76 bits per heavy atom. The Kier molecular flexibility index (Phi) is 5.57. The summed E-state index contributed by atoms with van der Waals surface area (Å²) in [5, 5.41) is 4.90. The van der Waals surface area contributed by atoms with Crippen LogP contribution in [0.25, 0.3) is 21.6 Å². The summed E-state index contributed by atoms with van der Waals surface area (Å²) >= 11 is 3.03. The van der Waals surface area contributed by atoms with Crippen LogP contribution in [-0.2, 0) is 13.0 Å². The summed E-state index contributed by atoms with van der Waals surface area (Å²) in [6.45, 7) is 0.908. The normalized spacial score (nSPS) is 12.9. The van der Waals surface area contributed by atoms with E-state index in [0.29, 0.717) is 35.8 Å². The lowest BCUT2D eigenvalue weighted by atomic mass is 9.94. The number of rotatable bonds is 4. The van der Waals surface area contributed by atoms with Gasteiger partial charge in [0.25, 0.3) is 5.91 Å². The van der Waals surface area contributed by atoms with E-state index in [1.807, 2.05) is 35.7 Å². The van der Waals surface area contributed by atoms with Crippen LogP contribution in [0.4, 0.5) is 16.2 Å². The average molecular weight is 476 g/mol. The van der Waals surface area contributed by atoms with Gasteiger partial charge in [-0.3, -0.25) is 9.78 Å². The highest BCUT2D eigenvalue weighted by Gasteiger charge is 2.30. The number of urea groups is 1. The number of nitrogens with zero attached hydrogens (tertiary/aromatic N) is 2. The lowest BCUT2D eigenvalue weighted by Crippen LogP contribution is -2.38. The third-order valence-electron chi connectivity index (χ3n) is 5.60. The minimum Gasteiger partial charge on any atom is -0.398 e. The molecule has 0 saturated carbocycles. The maximum absolute atomic E-state index is 12.9. The summed E-state index contributed by atoms with van der Waals surface area (Å²) in [6, 6.07) is 13.2. The molecule has 1 aliphatic heterocycles. The van der Waals surface area contributed by atoms with Crippen molar-refractivity contribution in [2.75, 3.05) is 17.6 Å². The van der Waals surface area contributed by atoms with Crippen LogP contribution in [0, 0.1) is 0 Å². The number of fused-ring (bicyclic) bond motifs is 1. The van der Waals surface area contributed by atoms with Gasteiger partial charge in [0.05, 0.1) is 11.9 Å². The van der Waals surface area contributed by atoms with E-state index in [2.05, 4.69) is 10.3 Å². The fraction of sp³-hybridized carbons (Fsp3) is 0.125. The first kappa shape index (κ1) is 21.2. The summed E-state index contributed by atoms with van der Waals surface area (Å²) in [7, 11) is 0. The molecule has 166 valence electrons. The number of nitrogens with two attached hydrogens (primary N) is 2. The molecule has 0 fully saturated rings. The third kappa shape index (κ3) is 4.08. The number of primary amides is 1. The topological polar surface area (TPSA) is 114 Å². The van der Waals surface area contributed by atoms with Crippen LogP contribution in [0.3, 0.4) is 0 Å². The van der Waals surface area contributed by atoms with E-state index in [0.717, 1.165) is 32.0 Å². The van der Waals surface area contributed by atoms with Crippen molar-refractivity contribution in [3.63, 3.8) is 0 Å². The Morgan fingerprint density at radius 1 is 1.15 bits per heavy atom. The van der Waals surface area contributed by atoms with E-state index < -0.39 is 5.91 Å². The molecule has 0 unspecified atom stereocenters. The maximum atomic E-state index is 12.9. The summed E-state index contributed by atoms with van der Waals surface area (Å²) < 4.78 is 0. The van der Waals surface area contributed by atoms with Crippen LogP contribution >= 0.6 is 22.7 Å². The Morgan fingerprint density at radius 2 is 2.03 bits per heavy atom. The average Bonchev–Trinajstić information content (AvgIpc) is 3.48. The number of carbonyl (C=O) groups excluding carboxylic acids is 2. The number of carbonyl (C=O) groups is 2. The first-order chi connectivity index (χ1) is 16.0. The number of amides is 3. The van der Waals surface area contributed by atoms with E-state index in [-0.39, 0.29) is 6.03 Å². The number of anilines is 2. The molecule has 1 aliphatic rings. The van der Waals surface area contributed by atoms with Gasteiger partial charge in [-0.1, -0.05) is 12.1 Å². The van der Waals surface area contributed by atoms with Crippen LogP contribution < -0.4 is 16.8 Å². The standard InChI is InChI=1S/C24H21N5O2S2/c25-18-6-5-14(19-4-2-10-32-19)11-16(18)21-17-13-29(9-7-20(17)33-22(21)23(26)30)24(31)28-15-3-1-8-27-12-15/h1-6,8,10-12H,7,9,13,25H2,(H2,26,30)(H,28,31). The van der Waals surface area contributed by atoms with E-state index in [1.165, 1.54) is 11.3 Å². The highest BCUT2D eigenvalue weighted by atomic mass is 32.1. The van der Waals surface area contributed by atoms with E-state index in [4.69, 9.17) is 11.5 Å². The lowest BCUT2D eigenvalue weighted by Gasteiger charge is -2.28. The molecule has 0 atom stereocenters. The maximum Gasteiger partial charge on any atom is 0.322 e. The minimum absolute atomic E-state index is 0.216. The van der Waals surface area contributed by atoms with E-state index in [9.17, 15) is 9.59 Å². The van der Waals surface area contributed by atoms with Gasteiger partial charge in [0.2, 0.25) is 0 Å². The van der Waals surface area contributed by atoms with Crippen molar-refractivity contribution < 1.29 is 9.59 Å². The van der Waals surface area contributed by atoms with Gasteiger partial charge in [-0.2, -0.15) is 0 Å². The smallest absolute Gasteiger partial charge is 0.322 e. The fourth-order valence-corrected chi connectivity index (χ4v) is 5.92. The molecule has 5 N–H and O–H groups in total. The summed E-state index contributed by atoms with van der Waals surface area (Å²) in [5.41, 5.74) is 16.8. The zero-order valence-electron chi connectivity index (χ0n) is 17.6. The summed E-state index contributed by atoms with van der Waals surface area (Å²) in [4.78, 5) is 33.7. The largest absolute Gasteiger partial charge is 0.398 e. The highest BCUT2D eigenvalue weighted by molar-refractivity contribution is 7.15. The van der Waals surface area contributed by atoms with Crippen LogP contribution in [0.1, 0.15) is 20.1 Å². The predicted molar refractivity (Wildman–Crippen MR) is 133 cm³/mol. The van der Waals surface area contributed by atoms with Crippen molar-refractivity contribution in [3.05, 3.63) is 75.6 Å². The van der Waals surface area contributed by atoms with Crippen molar-refractivity contribution in [1.29, 1.82) is 0 Å². The van der Waals surface area contributed by atoms with Crippen LogP contribution in [0.2, 0.25) is 0 Å². The molecule has 0 spiro atoms. The minimum atomic E-state index is -0.489. The van der Waals surface area contributed by atoms with Gasteiger partial charge < -0.3 is 21.7 Å². The number of hydrogen-bond acceptors (Lipinski definition) is 6. The first-order valence-corrected chi connectivity index (χ1v) is 12.0. The second-order valence-electron chi connectivity index (χ2n) is 7.69. The van der Waals surface area contributed by atoms with E-state index in [1.54, 1.807) is 40.8 Å². The van der Waals surface area contributed by atoms with Crippen LogP contribution in [-0.4, -0.2) is 28.4 Å². The van der Waals surface area contributed by atoms with Crippen LogP contribution in [0.15, 0.2) is 60.2 Å². The fourth-order valence-electron chi connectivity index (χ4n) is 4.03. The number of nitrogen functional groups attached to an aromatic ring is 1. The van der Waals surface area contributed by atoms with Gasteiger partial charge in [-0.05, 0) is 53.3 Å². The van der Waals surface area contributed by atoms with Crippen molar-refractivity contribution in [1.82, 2.24) is 9.88 Å². The molecule has 9 heteroatoms. The summed E-state index contributed by atoms with van der Waals surface area (Å²) in [6.07, 6.45) is 3.90. The molecule has 3 aromatic heterocycles. The molecule has 0 bridgehead atoms. The Bertz CT molecular complexity index is 1330. The molecule has 4 heterocycles. The number of hydrogen-bond donors (Lipinski definition) is 3. The van der Waals surface area contributed by atoms with Gasteiger partial charge in [0.15, 0.2) is 0 Å². The van der Waals surface area contributed by atoms with Gasteiger partial charge >= 0.3 is 6.03 Å². The zero-order valence-corrected chi connectivity index (χ0v) is 19.2. The van der Waals surface area contributed by atoms with E-state index >= 15 is 0 Å². The number of benzene rings is 1. The molecule has 7 nitrogen and oxygen atoms in total. The van der Waals surface area contributed by atoms with Crippen molar-refractivity contribution in [3.8, 4) is 21.6 Å². The number of aromatic nitrogens is 1. The molecule has 4 aromatic rings. The van der Waals surface area contributed by atoms with Gasteiger partial charge in [0, 0.05) is 45.9 Å².